The molecule has 1 saturated heterocycles. The number of anilines is 1. The number of hydrogen-bond donors (Lipinski definition) is 1. The molecule has 10 heteroatoms. The van der Waals surface area contributed by atoms with Gasteiger partial charge in [0.1, 0.15) is 6.17 Å². The number of para-hydroxylation sites is 1. The Bertz CT molecular complexity index is 1180. The predicted molar refractivity (Wildman–Crippen MR) is 131 cm³/mol. The van der Waals surface area contributed by atoms with Crippen LogP contribution in [-0.4, -0.2) is 87.7 Å². The molecule has 0 aromatic heterocycles. The van der Waals surface area contributed by atoms with E-state index in [1.807, 2.05) is 0 Å². The molecule has 3 amide bonds. The van der Waals surface area contributed by atoms with Crippen LogP contribution in [0.25, 0.3) is 0 Å². The summed E-state index contributed by atoms with van der Waals surface area (Å²) in [5.74, 6) is 0.141. The van der Waals surface area contributed by atoms with Crippen LogP contribution < -0.4 is 19.7 Å². The van der Waals surface area contributed by atoms with Gasteiger partial charge in [-0.05, 0) is 18.2 Å². The Morgan fingerprint density at radius 1 is 1.03 bits per heavy atom. The number of amides is 3. The maximum absolute atomic E-state index is 13.7. The topological polar surface area (TPSA) is 101 Å². The van der Waals surface area contributed by atoms with Crippen LogP contribution in [0.3, 0.4) is 0 Å². The van der Waals surface area contributed by atoms with Gasteiger partial charge in [-0.2, -0.15) is 0 Å². The molecule has 1 N–H and O–H groups in total. The summed E-state index contributed by atoms with van der Waals surface area (Å²) < 4.78 is 16.3. The Labute approximate surface area is 209 Å². The van der Waals surface area contributed by atoms with Crippen molar-refractivity contribution >= 4 is 23.4 Å². The van der Waals surface area contributed by atoms with E-state index in [-0.39, 0.29) is 30.7 Å². The average Bonchev–Trinajstić information content (AvgIpc) is 3.21. The van der Waals surface area contributed by atoms with Crippen molar-refractivity contribution in [2.24, 2.45) is 0 Å². The Balaban J connectivity index is 1.38. The van der Waals surface area contributed by atoms with Crippen molar-refractivity contribution in [2.45, 2.75) is 12.6 Å². The Morgan fingerprint density at radius 3 is 2.56 bits per heavy atom. The molecule has 190 valence electrons. The highest BCUT2D eigenvalue weighted by Gasteiger charge is 2.49. The number of nitrogens with zero attached hydrogens (tertiary/aromatic N) is 3. The molecule has 0 spiro atoms. The van der Waals surface area contributed by atoms with Crippen LogP contribution in [0.5, 0.6) is 11.5 Å². The fourth-order valence-corrected chi connectivity index (χ4v) is 5.14. The highest BCUT2D eigenvalue weighted by Crippen LogP contribution is 2.49. The van der Waals surface area contributed by atoms with Gasteiger partial charge in [-0.15, -0.1) is 0 Å². The summed E-state index contributed by atoms with van der Waals surface area (Å²) >= 11 is 0. The highest BCUT2D eigenvalue weighted by molar-refractivity contribution is 6.18. The molecule has 3 aliphatic rings. The van der Waals surface area contributed by atoms with Gasteiger partial charge in [-0.3, -0.25) is 24.2 Å². The number of ether oxygens (including phenoxy) is 3. The van der Waals surface area contributed by atoms with Crippen LogP contribution in [0.2, 0.25) is 0 Å². The Morgan fingerprint density at radius 2 is 1.81 bits per heavy atom. The third-order valence-corrected chi connectivity index (χ3v) is 6.92. The number of morpholine rings is 1. The number of methoxy groups -OCH3 is 2. The summed E-state index contributed by atoms with van der Waals surface area (Å²) in [5.41, 5.74) is 1.98. The largest absolute Gasteiger partial charge is 0.493 e. The van der Waals surface area contributed by atoms with Crippen LogP contribution in [0.15, 0.2) is 36.4 Å². The molecule has 2 aromatic carbocycles. The minimum Gasteiger partial charge on any atom is -0.493 e. The van der Waals surface area contributed by atoms with Crippen molar-refractivity contribution in [1.82, 2.24) is 15.1 Å². The number of rotatable bonds is 8. The first kappa shape index (κ1) is 24.1. The molecular formula is C26H30N4O6. The van der Waals surface area contributed by atoms with E-state index in [4.69, 9.17) is 14.2 Å². The van der Waals surface area contributed by atoms with E-state index in [1.54, 1.807) is 46.2 Å². The number of fused-ring (bicyclic) bond motifs is 5. The number of carbonyl (C=O) groups excluding carboxylic acids is 3. The van der Waals surface area contributed by atoms with Crippen molar-refractivity contribution in [3.05, 3.63) is 53.1 Å². The average molecular weight is 495 g/mol. The van der Waals surface area contributed by atoms with Crippen molar-refractivity contribution in [3.8, 4) is 11.5 Å². The lowest BCUT2D eigenvalue weighted by Gasteiger charge is -2.40. The van der Waals surface area contributed by atoms with Crippen LogP contribution in [-0.2, 0) is 9.53 Å². The fraction of sp³-hybridized carbons (Fsp3) is 0.423. The summed E-state index contributed by atoms with van der Waals surface area (Å²) in [6.45, 7) is 4.59. The maximum Gasteiger partial charge on any atom is 0.264 e. The number of carbonyl (C=O) groups is 3. The standard InChI is InChI=1S/C26H30N4O6/c1-34-20-8-7-18-22(23(20)35-2)26(33)30-19-6-4-3-5-17(19)25(32)29(24(18)30)11-9-21(31)27-10-12-28-13-15-36-16-14-28/h3-8,24H,9-16H2,1-2H3,(H,27,31)/t24-/m0/s1. The highest BCUT2D eigenvalue weighted by atomic mass is 16.5. The van der Waals surface area contributed by atoms with E-state index in [2.05, 4.69) is 10.2 Å². The molecule has 3 aliphatic heterocycles. The smallest absolute Gasteiger partial charge is 0.264 e. The van der Waals surface area contributed by atoms with Gasteiger partial charge >= 0.3 is 0 Å². The molecule has 5 rings (SSSR count). The molecule has 0 radical (unpaired) electrons. The first-order chi connectivity index (χ1) is 17.5. The van der Waals surface area contributed by atoms with E-state index >= 15 is 0 Å². The van der Waals surface area contributed by atoms with E-state index in [0.29, 0.717) is 53.6 Å². The summed E-state index contributed by atoms with van der Waals surface area (Å²) in [4.78, 5) is 45.4. The van der Waals surface area contributed by atoms with Crippen LogP contribution in [0.4, 0.5) is 5.69 Å². The Kier molecular flexibility index (Phi) is 6.80. The molecule has 1 atom stereocenters. The number of benzene rings is 2. The van der Waals surface area contributed by atoms with E-state index in [0.717, 1.165) is 19.6 Å². The normalized spacial score (nSPS) is 19.0. The van der Waals surface area contributed by atoms with E-state index in [1.165, 1.54) is 14.2 Å². The van der Waals surface area contributed by atoms with Gasteiger partial charge in [-0.1, -0.05) is 18.2 Å². The third kappa shape index (κ3) is 4.16. The number of nitrogens with one attached hydrogen (secondary N) is 1. The summed E-state index contributed by atoms with van der Waals surface area (Å²) in [7, 11) is 3.00. The van der Waals surface area contributed by atoms with Gasteiger partial charge in [0.25, 0.3) is 11.8 Å². The first-order valence-electron chi connectivity index (χ1n) is 12.1. The second-order valence-corrected chi connectivity index (χ2v) is 8.88. The van der Waals surface area contributed by atoms with Crippen molar-refractivity contribution in [3.63, 3.8) is 0 Å². The second kappa shape index (κ2) is 10.2. The third-order valence-electron chi connectivity index (χ3n) is 6.92. The lowest BCUT2D eigenvalue weighted by atomic mass is 10.0. The van der Waals surface area contributed by atoms with Gasteiger partial charge in [-0.25, -0.2) is 0 Å². The molecular weight excluding hydrogens is 464 g/mol. The second-order valence-electron chi connectivity index (χ2n) is 8.88. The predicted octanol–water partition coefficient (Wildman–Crippen LogP) is 1.66. The fourth-order valence-electron chi connectivity index (χ4n) is 5.14. The molecule has 0 bridgehead atoms. The maximum atomic E-state index is 13.7. The van der Waals surface area contributed by atoms with Crippen LogP contribution in [0.1, 0.15) is 38.9 Å². The SMILES string of the molecule is COc1ccc2c(c1OC)C(=O)N1c3ccccc3C(=O)N(CCC(=O)NCCN3CCOCC3)[C@H]21. The van der Waals surface area contributed by atoms with Crippen molar-refractivity contribution in [2.75, 3.05) is 65.1 Å². The molecule has 0 aliphatic carbocycles. The minimum atomic E-state index is -0.671. The summed E-state index contributed by atoms with van der Waals surface area (Å²) in [6, 6.07) is 10.6. The lowest BCUT2D eigenvalue weighted by Crippen LogP contribution is -2.49. The molecule has 2 aromatic rings. The lowest BCUT2D eigenvalue weighted by molar-refractivity contribution is -0.121. The minimum absolute atomic E-state index is 0.123. The first-order valence-corrected chi connectivity index (χ1v) is 12.1. The zero-order valence-electron chi connectivity index (χ0n) is 20.5. The van der Waals surface area contributed by atoms with Gasteiger partial charge in [0, 0.05) is 44.7 Å². The van der Waals surface area contributed by atoms with Crippen molar-refractivity contribution < 1.29 is 28.6 Å². The quantitative estimate of drug-likeness (QED) is 0.596. The van der Waals surface area contributed by atoms with Crippen LogP contribution >= 0.6 is 0 Å². The molecule has 0 unspecified atom stereocenters. The van der Waals surface area contributed by atoms with Crippen LogP contribution in [0, 0.1) is 0 Å². The zero-order valence-corrected chi connectivity index (χ0v) is 20.5. The molecule has 1 fully saturated rings. The van der Waals surface area contributed by atoms with Gasteiger partial charge in [0.15, 0.2) is 11.5 Å². The van der Waals surface area contributed by atoms with Gasteiger partial charge in [0.05, 0.1) is 44.2 Å². The monoisotopic (exact) mass is 494 g/mol. The van der Waals surface area contributed by atoms with Gasteiger partial charge < -0.3 is 24.4 Å². The Hall–Kier alpha value is -3.63. The number of hydrogen-bond acceptors (Lipinski definition) is 7. The van der Waals surface area contributed by atoms with E-state index in [9.17, 15) is 14.4 Å². The molecule has 0 saturated carbocycles. The van der Waals surface area contributed by atoms with E-state index < -0.39 is 6.17 Å². The summed E-state index contributed by atoms with van der Waals surface area (Å²) in [6.07, 6.45) is -0.547. The zero-order chi connectivity index (χ0) is 25.2. The molecule has 10 nitrogen and oxygen atoms in total. The molecule has 36 heavy (non-hydrogen) atoms. The molecule has 3 heterocycles. The van der Waals surface area contributed by atoms with Gasteiger partial charge in [0.2, 0.25) is 5.91 Å². The van der Waals surface area contributed by atoms with Crippen molar-refractivity contribution in [1.29, 1.82) is 0 Å². The summed E-state index contributed by atoms with van der Waals surface area (Å²) in [5, 5.41) is 2.95.